The molecule has 126 valence electrons. The molecule has 6 atom stereocenters. The smallest absolute Gasteiger partial charge is 0.325 e. The van der Waals surface area contributed by atoms with E-state index in [1.807, 2.05) is 13.8 Å². The number of piperidine rings is 1. The van der Waals surface area contributed by atoms with Crippen molar-refractivity contribution < 1.29 is 24.6 Å². The summed E-state index contributed by atoms with van der Waals surface area (Å²) in [7, 11) is -4.00. The molecule has 6 unspecified atom stereocenters. The number of rotatable bonds is 4. The standard InChI is InChI=1S/C12H24NO5P.C2H6/c1-7-2-3-9(7)11-12(15)10(14)6-8(13-11)4-5-19(16,17)18;1-2/h7-15H,2-6H2,1H3,(H2,16,17,18);1-2H3. The first-order valence-electron chi connectivity index (χ1n) is 7.94. The Kier molecular flexibility index (Phi) is 7.31. The van der Waals surface area contributed by atoms with Crippen LogP contribution in [0.3, 0.4) is 0 Å². The molecule has 2 aliphatic rings. The minimum Gasteiger partial charge on any atom is -0.390 e. The van der Waals surface area contributed by atoms with Gasteiger partial charge in [-0.05, 0) is 31.1 Å². The second-order valence-electron chi connectivity index (χ2n) is 6.08. The van der Waals surface area contributed by atoms with Gasteiger partial charge in [0.25, 0.3) is 0 Å². The van der Waals surface area contributed by atoms with E-state index in [1.165, 1.54) is 0 Å². The Morgan fingerprint density at radius 1 is 1.19 bits per heavy atom. The molecule has 1 saturated heterocycles. The lowest BCUT2D eigenvalue weighted by atomic mass is 9.67. The summed E-state index contributed by atoms with van der Waals surface area (Å²) in [5, 5.41) is 23.3. The third-order valence-corrected chi connectivity index (χ3v) is 5.47. The summed E-state index contributed by atoms with van der Waals surface area (Å²) in [5.41, 5.74) is 0. The maximum Gasteiger partial charge on any atom is 0.325 e. The van der Waals surface area contributed by atoms with E-state index in [0.29, 0.717) is 24.7 Å². The van der Waals surface area contributed by atoms with E-state index in [0.717, 1.165) is 12.8 Å². The van der Waals surface area contributed by atoms with Gasteiger partial charge in [-0.3, -0.25) is 4.57 Å². The summed E-state index contributed by atoms with van der Waals surface area (Å²) in [6, 6.07) is -0.293. The molecule has 0 aromatic heterocycles. The highest BCUT2D eigenvalue weighted by Gasteiger charge is 2.44. The molecule has 0 amide bonds. The van der Waals surface area contributed by atoms with Gasteiger partial charge in [0.15, 0.2) is 0 Å². The fourth-order valence-corrected chi connectivity index (χ4v) is 3.89. The quantitative estimate of drug-likeness (QED) is 0.495. The van der Waals surface area contributed by atoms with Crippen LogP contribution in [0.1, 0.15) is 46.5 Å². The van der Waals surface area contributed by atoms with Crippen LogP contribution in [0.15, 0.2) is 0 Å². The Bertz CT molecular complexity index is 359. The molecule has 1 aliphatic heterocycles. The number of nitrogens with one attached hydrogen (secondary N) is 1. The molecule has 5 N–H and O–H groups in total. The van der Waals surface area contributed by atoms with Crippen molar-refractivity contribution in [1.29, 1.82) is 0 Å². The molecular weight excluding hydrogens is 293 g/mol. The van der Waals surface area contributed by atoms with Crippen LogP contribution in [-0.4, -0.2) is 50.5 Å². The van der Waals surface area contributed by atoms with Gasteiger partial charge in [-0.25, -0.2) is 0 Å². The van der Waals surface area contributed by atoms with Gasteiger partial charge < -0.3 is 25.3 Å². The molecule has 0 aromatic carbocycles. The SMILES string of the molecule is CC.CC1CCC1C1NC(CCP(=O)(O)O)CC(O)C1O. The van der Waals surface area contributed by atoms with E-state index >= 15 is 0 Å². The van der Waals surface area contributed by atoms with Crippen LogP contribution in [0.2, 0.25) is 0 Å². The second kappa shape index (κ2) is 8.04. The van der Waals surface area contributed by atoms with Gasteiger partial charge >= 0.3 is 7.60 Å². The zero-order valence-electron chi connectivity index (χ0n) is 13.1. The van der Waals surface area contributed by atoms with Crippen molar-refractivity contribution in [2.45, 2.75) is 70.7 Å². The molecule has 21 heavy (non-hydrogen) atoms. The molecule has 0 spiro atoms. The number of aliphatic hydroxyl groups excluding tert-OH is 2. The molecule has 2 fully saturated rings. The van der Waals surface area contributed by atoms with Crippen molar-refractivity contribution in [2.24, 2.45) is 11.8 Å². The van der Waals surface area contributed by atoms with Gasteiger partial charge in [0.05, 0.1) is 18.4 Å². The van der Waals surface area contributed by atoms with Crippen molar-refractivity contribution in [3.05, 3.63) is 0 Å². The summed E-state index contributed by atoms with van der Waals surface area (Å²) in [6.07, 6.45) is 1.08. The molecule has 0 radical (unpaired) electrons. The van der Waals surface area contributed by atoms with Gasteiger partial charge in [-0.15, -0.1) is 0 Å². The van der Waals surface area contributed by atoms with E-state index in [-0.39, 0.29) is 18.2 Å². The van der Waals surface area contributed by atoms with Crippen LogP contribution in [0, 0.1) is 11.8 Å². The van der Waals surface area contributed by atoms with Crippen molar-refractivity contribution in [1.82, 2.24) is 5.32 Å². The number of aliphatic hydroxyl groups is 2. The Morgan fingerprint density at radius 2 is 1.81 bits per heavy atom. The number of hydrogen-bond donors (Lipinski definition) is 5. The van der Waals surface area contributed by atoms with Crippen molar-refractivity contribution in [2.75, 3.05) is 6.16 Å². The second-order valence-corrected chi connectivity index (χ2v) is 7.86. The van der Waals surface area contributed by atoms with E-state index in [4.69, 9.17) is 9.79 Å². The Balaban J connectivity index is 0.00000106. The first-order valence-corrected chi connectivity index (χ1v) is 9.74. The number of hydrogen-bond acceptors (Lipinski definition) is 4. The highest BCUT2D eigenvalue weighted by Crippen LogP contribution is 2.40. The predicted octanol–water partition coefficient (Wildman–Crippen LogP) is 1.08. The monoisotopic (exact) mass is 323 g/mol. The highest BCUT2D eigenvalue weighted by atomic mass is 31.2. The predicted molar refractivity (Wildman–Crippen MR) is 82.1 cm³/mol. The lowest BCUT2D eigenvalue weighted by Crippen LogP contribution is -2.62. The van der Waals surface area contributed by atoms with Crippen LogP contribution in [0.25, 0.3) is 0 Å². The van der Waals surface area contributed by atoms with Gasteiger partial charge in [0.2, 0.25) is 0 Å². The molecule has 0 bridgehead atoms. The van der Waals surface area contributed by atoms with Gasteiger partial charge in [-0.2, -0.15) is 0 Å². The van der Waals surface area contributed by atoms with Crippen LogP contribution in [0.5, 0.6) is 0 Å². The Morgan fingerprint density at radius 3 is 2.24 bits per heavy atom. The van der Waals surface area contributed by atoms with E-state index < -0.39 is 19.8 Å². The van der Waals surface area contributed by atoms with E-state index in [1.54, 1.807) is 0 Å². The Hall–Kier alpha value is 0.0300. The molecule has 7 heteroatoms. The molecule has 2 rings (SSSR count). The maximum atomic E-state index is 10.9. The van der Waals surface area contributed by atoms with Crippen LogP contribution in [0.4, 0.5) is 0 Å². The lowest BCUT2D eigenvalue weighted by molar-refractivity contribution is -0.0726. The minimum atomic E-state index is -4.00. The van der Waals surface area contributed by atoms with Crippen molar-refractivity contribution >= 4 is 7.60 Å². The van der Waals surface area contributed by atoms with Gasteiger partial charge in [0.1, 0.15) is 0 Å². The third-order valence-electron chi connectivity index (χ3n) is 4.63. The van der Waals surface area contributed by atoms with E-state index in [2.05, 4.69) is 12.2 Å². The maximum absolute atomic E-state index is 10.9. The topological polar surface area (TPSA) is 110 Å². The zero-order valence-corrected chi connectivity index (χ0v) is 14.0. The fourth-order valence-electron chi connectivity index (χ4n) is 3.24. The van der Waals surface area contributed by atoms with Gasteiger partial charge in [-0.1, -0.05) is 27.2 Å². The van der Waals surface area contributed by atoms with Crippen molar-refractivity contribution in [3.8, 4) is 0 Å². The van der Waals surface area contributed by atoms with Gasteiger partial charge in [0, 0.05) is 12.1 Å². The summed E-state index contributed by atoms with van der Waals surface area (Å²) >= 11 is 0. The molecule has 1 aliphatic carbocycles. The summed E-state index contributed by atoms with van der Waals surface area (Å²) in [5.74, 6) is 0.877. The molecule has 0 aromatic rings. The molecule has 1 heterocycles. The van der Waals surface area contributed by atoms with Crippen molar-refractivity contribution in [3.63, 3.8) is 0 Å². The first-order chi connectivity index (χ1) is 9.78. The molecule has 1 saturated carbocycles. The molecular formula is C14H30NO5P. The first kappa shape index (κ1) is 19.1. The molecule has 6 nitrogen and oxygen atoms in total. The third kappa shape index (κ3) is 5.31. The Labute approximate surface area is 127 Å². The summed E-state index contributed by atoms with van der Waals surface area (Å²) in [4.78, 5) is 17.8. The average molecular weight is 323 g/mol. The summed E-state index contributed by atoms with van der Waals surface area (Å²) in [6.45, 7) is 6.13. The van der Waals surface area contributed by atoms with Crippen LogP contribution < -0.4 is 5.32 Å². The lowest BCUT2D eigenvalue weighted by Gasteiger charge is -2.48. The normalized spacial score (nSPS) is 40.0. The average Bonchev–Trinajstić information content (AvgIpc) is 2.41. The summed E-state index contributed by atoms with van der Waals surface area (Å²) < 4.78 is 10.9. The largest absolute Gasteiger partial charge is 0.390 e. The van der Waals surface area contributed by atoms with Crippen LogP contribution in [-0.2, 0) is 4.57 Å². The van der Waals surface area contributed by atoms with E-state index in [9.17, 15) is 14.8 Å². The van der Waals surface area contributed by atoms with Crippen LogP contribution >= 0.6 is 7.60 Å². The fraction of sp³-hybridized carbons (Fsp3) is 1.00. The zero-order chi connectivity index (χ0) is 16.2. The minimum absolute atomic E-state index is 0.135. The highest BCUT2D eigenvalue weighted by molar-refractivity contribution is 7.51.